The Morgan fingerprint density at radius 1 is 1.12 bits per heavy atom. The van der Waals surface area contributed by atoms with Crippen LogP contribution in [0.1, 0.15) is 29.3 Å². The van der Waals surface area contributed by atoms with Crippen molar-refractivity contribution in [2.45, 2.75) is 31.5 Å². The van der Waals surface area contributed by atoms with Crippen LogP contribution in [0.5, 0.6) is 0 Å². The smallest absolute Gasteiger partial charge is 0.227 e. The number of amides is 1. The molecule has 2 aromatic carbocycles. The normalized spacial score (nSPS) is 17.4. The molecule has 1 amide bonds. The standard InChI is InChI=1S/C25H26Cl2N2O3/c26-22-9-8-18(13-23(22)27)14-25(31)29(16-21-7-4-12-32-21)24(19-5-2-1-3-6-19)17-28-11-10-20(30)15-28/h1-9,12-13,20,24,30H,10-11,14-17H2/t20-,24+/m0/s1. The van der Waals surface area contributed by atoms with Crippen LogP contribution in [0.3, 0.4) is 0 Å². The SMILES string of the molecule is O=C(Cc1ccc(Cl)c(Cl)c1)N(Cc1ccco1)[C@H](CN1CC[C@H](O)C1)c1ccccc1. The first kappa shape index (κ1) is 22.9. The number of rotatable bonds is 8. The third kappa shape index (κ3) is 5.73. The van der Waals surface area contributed by atoms with E-state index >= 15 is 0 Å². The van der Waals surface area contributed by atoms with Gasteiger partial charge < -0.3 is 14.4 Å². The molecule has 32 heavy (non-hydrogen) atoms. The molecule has 0 aliphatic carbocycles. The van der Waals surface area contributed by atoms with Crippen LogP contribution in [0.25, 0.3) is 0 Å². The summed E-state index contributed by atoms with van der Waals surface area (Å²) in [5, 5.41) is 10.9. The fraction of sp³-hybridized carbons (Fsp3) is 0.320. The minimum Gasteiger partial charge on any atom is -0.467 e. The predicted molar refractivity (Wildman–Crippen MR) is 126 cm³/mol. The monoisotopic (exact) mass is 472 g/mol. The molecule has 1 saturated heterocycles. The molecule has 0 saturated carbocycles. The second-order valence-corrected chi connectivity index (χ2v) is 8.97. The maximum Gasteiger partial charge on any atom is 0.227 e. The fourth-order valence-electron chi connectivity index (χ4n) is 4.15. The van der Waals surface area contributed by atoms with Crippen molar-refractivity contribution in [3.63, 3.8) is 0 Å². The van der Waals surface area contributed by atoms with Crippen LogP contribution < -0.4 is 0 Å². The lowest BCUT2D eigenvalue weighted by Crippen LogP contribution is -2.41. The molecule has 3 aromatic rings. The van der Waals surface area contributed by atoms with Gasteiger partial charge in [0.15, 0.2) is 0 Å². The highest BCUT2D eigenvalue weighted by molar-refractivity contribution is 6.42. The van der Waals surface area contributed by atoms with Crippen LogP contribution in [0.4, 0.5) is 0 Å². The molecular weight excluding hydrogens is 447 g/mol. The van der Waals surface area contributed by atoms with E-state index in [4.69, 9.17) is 27.6 Å². The molecule has 0 radical (unpaired) electrons. The van der Waals surface area contributed by atoms with Crippen molar-refractivity contribution in [2.75, 3.05) is 19.6 Å². The molecule has 0 bridgehead atoms. The van der Waals surface area contributed by atoms with Gasteiger partial charge in [0, 0.05) is 19.6 Å². The summed E-state index contributed by atoms with van der Waals surface area (Å²) in [5.74, 6) is 0.684. The molecule has 1 fully saturated rings. The summed E-state index contributed by atoms with van der Waals surface area (Å²) in [6.07, 6.45) is 2.24. The van der Waals surface area contributed by atoms with E-state index in [2.05, 4.69) is 4.90 Å². The van der Waals surface area contributed by atoms with E-state index in [9.17, 15) is 9.90 Å². The van der Waals surface area contributed by atoms with Crippen molar-refractivity contribution in [3.05, 3.63) is 93.9 Å². The Hall–Kier alpha value is -2.31. The van der Waals surface area contributed by atoms with Crippen LogP contribution in [0, 0.1) is 0 Å². The summed E-state index contributed by atoms with van der Waals surface area (Å²) < 4.78 is 5.59. The number of halogens is 2. The Morgan fingerprint density at radius 2 is 1.94 bits per heavy atom. The summed E-state index contributed by atoms with van der Waals surface area (Å²) in [6, 6.07) is 18.8. The van der Waals surface area contributed by atoms with Crippen LogP contribution in [0.2, 0.25) is 10.0 Å². The zero-order valence-corrected chi connectivity index (χ0v) is 19.2. The number of hydrogen-bond acceptors (Lipinski definition) is 4. The molecule has 1 aliphatic rings. The number of likely N-dealkylation sites (tertiary alicyclic amines) is 1. The Morgan fingerprint density at radius 3 is 2.59 bits per heavy atom. The number of hydrogen-bond donors (Lipinski definition) is 1. The lowest BCUT2D eigenvalue weighted by Gasteiger charge is -2.34. The minimum absolute atomic E-state index is 0.0339. The molecule has 2 heterocycles. The van der Waals surface area contributed by atoms with E-state index in [1.165, 1.54) is 0 Å². The number of aliphatic hydroxyl groups excluding tert-OH is 1. The van der Waals surface area contributed by atoms with Crippen LogP contribution >= 0.6 is 23.2 Å². The number of carbonyl (C=O) groups excluding carboxylic acids is 1. The van der Waals surface area contributed by atoms with E-state index in [-0.39, 0.29) is 24.5 Å². The highest BCUT2D eigenvalue weighted by atomic mass is 35.5. The third-order valence-corrected chi connectivity index (χ3v) is 6.54. The summed E-state index contributed by atoms with van der Waals surface area (Å²) >= 11 is 12.2. The lowest BCUT2D eigenvalue weighted by atomic mass is 10.0. The number of benzene rings is 2. The molecule has 0 unspecified atom stereocenters. The maximum absolute atomic E-state index is 13.6. The van der Waals surface area contributed by atoms with Crippen LogP contribution in [-0.2, 0) is 17.8 Å². The van der Waals surface area contributed by atoms with Gasteiger partial charge >= 0.3 is 0 Å². The van der Waals surface area contributed by atoms with Crippen molar-refractivity contribution in [2.24, 2.45) is 0 Å². The Kier molecular flexibility index (Phi) is 7.53. The molecular formula is C25H26Cl2N2O3. The van der Waals surface area contributed by atoms with Gasteiger partial charge in [0.2, 0.25) is 5.91 Å². The summed E-state index contributed by atoms with van der Waals surface area (Å²) in [4.78, 5) is 17.7. The van der Waals surface area contributed by atoms with E-state index in [1.54, 1.807) is 18.4 Å². The van der Waals surface area contributed by atoms with Gasteiger partial charge in [-0.2, -0.15) is 0 Å². The molecule has 1 aromatic heterocycles. The van der Waals surface area contributed by atoms with E-state index in [1.807, 2.05) is 53.4 Å². The third-order valence-electron chi connectivity index (χ3n) is 5.81. The quantitative estimate of drug-likeness (QED) is 0.502. The first-order valence-corrected chi connectivity index (χ1v) is 11.5. The van der Waals surface area contributed by atoms with Crippen molar-refractivity contribution < 1.29 is 14.3 Å². The zero-order chi connectivity index (χ0) is 22.5. The topological polar surface area (TPSA) is 56.9 Å². The minimum atomic E-state index is -0.322. The largest absolute Gasteiger partial charge is 0.467 e. The van der Waals surface area contributed by atoms with Crippen molar-refractivity contribution in [1.82, 2.24) is 9.80 Å². The predicted octanol–water partition coefficient (Wildman–Crippen LogP) is 4.97. The Labute approximate surface area is 198 Å². The molecule has 1 aliphatic heterocycles. The number of aliphatic hydroxyl groups is 1. The lowest BCUT2D eigenvalue weighted by molar-refractivity contribution is -0.134. The van der Waals surface area contributed by atoms with Gasteiger partial charge in [-0.05, 0) is 41.8 Å². The zero-order valence-electron chi connectivity index (χ0n) is 17.7. The van der Waals surface area contributed by atoms with E-state index < -0.39 is 0 Å². The van der Waals surface area contributed by atoms with Gasteiger partial charge in [0.25, 0.3) is 0 Å². The molecule has 0 spiro atoms. The maximum atomic E-state index is 13.6. The molecule has 5 nitrogen and oxygen atoms in total. The van der Waals surface area contributed by atoms with Gasteiger partial charge in [-0.25, -0.2) is 0 Å². The van der Waals surface area contributed by atoms with Gasteiger partial charge in [-0.15, -0.1) is 0 Å². The van der Waals surface area contributed by atoms with Gasteiger partial charge in [-0.1, -0.05) is 59.6 Å². The summed E-state index contributed by atoms with van der Waals surface area (Å²) in [6.45, 7) is 2.40. The van der Waals surface area contributed by atoms with Gasteiger partial charge in [0.1, 0.15) is 5.76 Å². The molecule has 4 rings (SSSR count). The molecule has 2 atom stereocenters. The van der Waals surface area contributed by atoms with Crippen LogP contribution in [-0.4, -0.2) is 46.6 Å². The van der Waals surface area contributed by atoms with Crippen molar-refractivity contribution in [3.8, 4) is 0 Å². The van der Waals surface area contributed by atoms with Gasteiger partial charge in [0.05, 0.1) is 41.4 Å². The Bertz CT molecular complexity index is 1030. The average molecular weight is 473 g/mol. The Balaban J connectivity index is 1.64. The number of carbonyl (C=O) groups is 1. The van der Waals surface area contributed by atoms with Gasteiger partial charge in [-0.3, -0.25) is 9.69 Å². The van der Waals surface area contributed by atoms with E-state index in [0.29, 0.717) is 29.7 Å². The van der Waals surface area contributed by atoms with Crippen LogP contribution in [0.15, 0.2) is 71.3 Å². The highest BCUT2D eigenvalue weighted by Crippen LogP contribution is 2.28. The number of β-amino-alcohol motifs (C(OH)–C–C–N with tert-alkyl or cyclic N) is 1. The van der Waals surface area contributed by atoms with Crippen molar-refractivity contribution >= 4 is 29.1 Å². The summed E-state index contributed by atoms with van der Waals surface area (Å²) in [7, 11) is 0. The molecule has 1 N–H and O–H groups in total. The van der Waals surface area contributed by atoms with Crippen molar-refractivity contribution in [1.29, 1.82) is 0 Å². The summed E-state index contributed by atoms with van der Waals surface area (Å²) in [5.41, 5.74) is 1.85. The first-order chi connectivity index (χ1) is 15.5. The fourth-order valence-corrected chi connectivity index (χ4v) is 4.47. The second kappa shape index (κ2) is 10.5. The average Bonchev–Trinajstić information content (AvgIpc) is 3.45. The number of furan rings is 1. The molecule has 7 heteroatoms. The second-order valence-electron chi connectivity index (χ2n) is 8.15. The first-order valence-electron chi connectivity index (χ1n) is 10.7. The molecule has 168 valence electrons. The van der Waals surface area contributed by atoms with E-state index in [0.717, 1.165) is 29.9 Å². The highest BCUT2D eigenvalue weighted by Gasteiger charge is 2.30. The number of nitrogens with zero attached hydrogens (tertiary/aromatic N) is 2.